The number of hydrogen-bond donors (Lipinski definition) is 0. The van der Waals surface area contributed by atoms with Crippen molar-refractivity contribution in [3.05, 3.63) is 35.7 Å². The number of benzene rings is 1. The molecule has 21 heavy (non-hydrogen) atoms. The van der Waals surface area contributed by atoms with Gasteiger partial charge in [-0.15, -0.1) is 0 Å². The van der Waals surface area contributed by atoms with Crippen LogP contribution in [-0.4, -0.2) is 20.9 Å². The Morgan fingerprint density at radius 1 is 1.29 bits per heavy atom. The molecule has 0 spiro atoms. The first-order valence-corrected chi connectivity index (χ1v) is 7.51. The summed E-state index contributed by atoms with van der Waals surface area (Å²) in [5, 5.41) is 4.46. The van der Waals surface area contributed by atoms with E-state index in [0.717, 1.165) is 35.6 Å². The Morgan fingerprint density at radius 3 is 2.57 bits per heavy atom. The summed E-state index contributed by atoms with van der Waals surface area (Å²) in [6, 6.07) is 7.90. The molecule has 0 amide bonds. The third-order valence-corrected chi connectivity index (χ3v) is 4.14. The van der Waals surface area contributed by atoms with Crippen molar-refractivity contribution < 1.29 is 4.39 Å². The van der Waals surface area contributed by atoms with Crippen molar-refractivity contribution in [2.75, 3.05) is 0 Å². The fraction of sp³-hybridized carbons (Fsp3) is 0.529. The monoisotopic (exact) mass is 289 g/mol. The summed E-state index contributed by atoms with van der Waals surface area (Å²) in [5.41, 5.74) is 1.37. The third-order valence-electron chi connectivity index (χ3n) is 4.14. The van der Waals surface area contributed by atoms with Gasteiger partial charge in [0.1, 0.15) is 6.17 Å². The lowest BCUT2D eigenvalue weighted by atomic mass is 9.78. The Kier molecular flexibility index (Phi) is 4.45. The molecule has 0 saturated heterocycles. The molecule has 0 aliphatic rings. The van der Waals surface area contributed by atoms with Crippen molar-refractivity contribution in [3.63, 3.8) is 0 Å². The summed E-state index contributed by atoms with van der Waals surface area (Å²) in [6.07, 6.45) is 0.929. The van der Waals surface area contributed by atoms with Gasteiger partial charge in [0.2, 0.25) is 0 Å². The Balaban J connectivity index is 2.55. The molecule has 1 aromatic heterocycles. The summed E-state index contributed by atoms with van der Waals surface area (Å²) >= 11 is 0. The summed E-state index contributed by atoms with van der Waals surface area (Å²) in [5.74, 6) is 1.65. The lowest BCUT2D eigenvalue weighted by molar-refractivity contribution is 0.237. The zero-order valence-corrected chi connectivity index (χ0v) is 13.5. The molecule has 3 nitrogen and oxygen atoms in total. The number of hydrogen-bond acceptors (Lipinski definition) is 2. The van der Waals surface area contributed by atoms with E-state index in [1.165, 1.54) is 0 Å². The molecule has 0 radical (unpaired) electrons. The second kappa shape index (κ2) is 5.96. The highest BCUT2D eigenvalue weighted by atomic mass is 19.1. The van der Waals surface area contributed by atoms with Crippen molar-refractivity contribution in [2.24, 2.45) is 7.05 Å². The molecule has 0 unspecified atom stereocenters. The third kappa shape index (κ3) is 2.99. The SMILES string of the molecule is CCCc1nc(-c2ccccc2C(C)(C)[C@@H](C)F)n(C)n1. The maximum absolute atomic E-state index is 14.0. The van der Waals surface area contributed by atoms with Crippen molar-refractivity contribution in [1.82, 2.24) is 14.8 Å². The molecule has 2 rings (SSSR count). The molecule has 1 heterocycles. The number of alkyl halides is 1. The molecule has 0 N–H and O–H groups in total. The van der Waals surface area contributed by atoms with Crippen LogP contribution in [-0.2, 0) is 18.9 Å². The van der Waals surface area contributed by atoms with Crippen LogP contribution in [0, 0.1) is 0 Å². The fourth-order valence-electron chi connectivity index (χ4n) is 2.46. The lowest BCUT2D eigenvalue weighted by Gasteiger charge is -2.29. The summed E-state index contributed by atoms with van der Waals surface area (Å²) < 4.78 is 15.8. The van der Waals surface area contributed by atoms with E-state index in [1.807, 2.05) is 45.2 Å². The predicted octanol–water partition coefficient (Wildman–Crippen LogP) is 4.07. The smallest absolute Gasteiger partial charge is 0.158 e. The van der Waals surface area contributed by atoms with Crippen molar-refractivity contribution in [2.45, 2.75) is 52.1 Å². The second-order valence-electron chi connectivity index (χ2n) is 6.11. The van der Waals surface area contributed by atoms with E-state index >= 15 is 0 Å². The minimum Gasteiger partial charge on any atom is -0.249 e. The Bertz CT molecular complexity index is 614. The van der Waals surface area contributed by atoms with Gasteiger partial charge in [-0.05, 0) is 18.9 Å². The topological polar surface area (TPSA) is 30.7 Å². The van der Waals surface area contributed by atoms with Crippen LogP contribution in [0.1, 0.15) is 45.5 Å². The zero-order chi connectivity index (χ0) is 15.6. The highest BCUT2D eigenvalue weighted by Gasteiger charge is 2.31. The molecular weight excluding hydrogens is 265 g/mol. The average molecular weight is 289 g/mol. The molecular formula is C17H24FN3. The van der Waals surface area contributed by atoms with E-state index < -0.39 is 11.6 Å². The van der Waals surface area contributed by atoms with Crippen molar-refractivity contribution in [1.29, 1.82) is 0 Å². The standard InChI is InChI=1S/C17H24FN3/c1-6-9-15-19-16(21(5)20-15)13-10-7-8-11-14(13)17(3,4)12(2)18/h7-8,10-12H,6,9H2,1-5H3/t12-/m1/s1. The highest BCUT2D eigenvalue weighted by Crippen LogP contribution is 2.35. The quantitative estimate of drug-likeness (QED) is 0.830. The van der Waals surface area contributed by atoms with Gasteiger partial charge in [0.15, 0.2) is 11.6 Å². The van der Waals surface area contributed by atoms with E-state index in [0.29, 0.717) is 0 Å². The normalized spacial score (nSPS) is 13.4. The number of nitrogens with zero attached hydrogens (tertiary/aromatic N) is 3. The Morgan fingerprint density at radius 2 is 1.95 bits per heavy atom. The van der Waals surface area contributed by atoms with Crippen LogP contribution in [0.4, 0.5) is 4.39 Å². The van der Waals surface area contributed by atoms with Crippen molar-refractivity contribution >= 4 is 0 Å². The number of aryl methyl sites for hydroxylation is 2. The minimum absolute atomic E-state index is 0.562. The average Bonchev–Trinajstić information content (AvgIpc) is 2.80. The molecule has 114 valence electrons. The molecule has 1 atom stereocenters. The van der Waals surface area contributed by atoms with Gasteiger partial charge in [0.05, 0.1) is 0 Å². The predicted molar refractivity (Wildman–Crippen MR) is 84.0 cm³/mol. The van der Waals surface area contributed by atoms with E-state index in [9.17, 15) is 4.39 Å². The molecule has 4 heteroatoms. The Hall–Kier alpha value is -1.71. The van der Waals surface area contributed by atoms with Gasteiger partial charge in [0.25, 0.3) is 0 Å². The summed E-state index contributed by atoms with van der Waals surface area (Å²) in [7, 11) is 1.89. The lowest BCUT2D eigenvalue weighted by Crippen LogP contribution is -2.28. The Labute approximate surface area is 126 Å². The maximum atomic E-state index is 14.0. The minimum atomic E-state index is -0.943. The summed E-state index contributed by atoms with van der Waals surface area (Å²) in [6.45, 7) is 7.58. The van der Waals surface area contributed by atoms with Crippen LogP contribution in [0.3, 0.4) is 0 Å². The van der Waals surface area contributed by atoms with Crippen LogP contribution < -0.4 is 0 Å². The van der Waals surface area contributed by atoms with E-state index in [4.69, 9.17) is 0 Å². The maximum Gasteiger partial charge on any atom is 0.158 e. The first kappa shape index (κ1) is 15.7. The van der Waals surface area contributed by atoms with Crippen LogP contribution in [0.2, 0.25) is 0 Å². The number of halogens is 1. The van der Waals surface area contributed by atoms with Gasteiger partial charge in [-0.3, -0.25) is 0 Å². The largest absolute Gasteiger partial charge is 0.249 e. The highest BCUT2D eigenvalue weighted by molar-refractivity contribution is 5.62. The molecule has 0 bridgehead atoms. The van der Waals surface area contributed by atoms with Crippen LogP contribution in [0.25, 0.3) is 11.4 Å². The zero-order valence-electron chi connectivity index (χ0n) is 13.5. The van der Waals surface area contributed by atoms with Gasteiger partial charge in [-0.2, -0.15) is 5.10 Å². The first-order chi connectivity index (χ1) is 9.87. The van der Waals surface area contributed by atoms with E-state index in [2.05, 4.69) is 17.0 Å². The number of rotatable bonds is 5. The first-order valence-electron chi connectivity index (χ1n) is 7.51. The molecule has 1 aromatic carbocycles. The van der Waals surface area contributed by atoms with E-state index in [1.54, 1.807) is 11.6 Å². The van der Waals surface area contributed by atoms with Crippen LogP contribution >= 0.6 is 0 Å². The van der Waals surface area contributed by atoms with Crippen molar-refractivity contribution in [3.8, 4) is 11.4 Å². The van der Waals surface area contributed by atoms with Crippen LogP contribution in [0.5, 0.6) is 0 Å². The van der Waals surface area contributed by atoms with E-state index in [-0.39, 0.29) is 0 Å². The molecule has 0 fully saturated rings. The molecule has 0 saturated carbocycles. The van der Waals surface area contributed by atoms with Gasteiger partial charge in [0, 0.05) is 24.4 Å². The second-order valence-corrected chi connectivity index (χ2v) is 6.11. The van der Waals surface area contributed by atoms with Gasteiger partial charge < -0.3 is 0 Å². The van der Waals surface area contributed by atoms with Gasteiger partial charge in [-0.25, -0.2) is 14.1 Å². The fourth-order valence-corrected chi connectivity index (χ4v) is 2.46. The molecule has 0 aliphatic carbocycles. The van der Waals surface area contributed by atoms with Crippen LogP contribution in [0.15, 0.2) is 24.3 Å². The van der Waals surface area contributed by atoms with Gasteiger partial charge in [-0.1, -0.05) is 45.0 Å². The molecule has 0 aliphatic heterocycles. The number of aromatic nitrogens is 3. The summed E-state index contributed by atoms with van der Waals surface area (Å²) in [4.78, 5) is 4.63. The van der Waals surface area contributed by atoms with Gasteiger partial charge >= 0.3 is 0 Å². The molecule has 2 aromatic rings.